The fourth-order valence-electron chi connectivity index (χ4n) is 2.26. The van der Waals surface area contributed by atoms with Crippen molar-refractivity contribution in [3.8, 4) is 0 Å². The average molecular weight is 290 g/mol. The Bertz CT molecular complexity index is 327. The number of amides is 2. The first-order valence-corrected chi connectivity index (χ1v) is 7.80. The molecular weight excluding hydrogens is 268 g/mol. The van der Waals surface area contributed by atoms with E-state index in [0.717, 1.165) is 6.42 Å². The highest BCUT2D eigenvalue weighted by Crippen LogP contribution is 2.23. The molecule has 3 N–H and O–H groups in total. The van der Waals surface area contributed by atoms with E-state index in [9.17, 15) is 14.7 Å². The number of aliphatic carboxylic acids is 1. The highest BCUT2D eigenvalue weighted by atomic mass is 32.2. The van der Waals surface area contributed by atoms with E-state index in [2.05, 4.69) is 5.32 Å². The Labute approximate surface area is 117 Å². The quantitative estimate of drug-likeness (QED) is 0.666. The van der Waals surface area contributed by atoms with Crippen molar-refractivity contribution in [2.75, 3.05) is 25.2 Å². The molecule has 1 saturated heterocycles. The molecule has 0 saturated carbocycles. The summed E-state index contributed by atoms with van der Waals surface area (Å²) in [5.74, 6) is -0.0997. The number of urea groups is 1. The molecule has 0 spiro atoms. The molecule has 0 radical (unpaired) electrons. The molecule has 2 amide bonds. The number of carboxylic acid groups (broad SMARTS) is 1. The lowest BCUT2D eigenvalue weighted by Crippen LogP contribution is -2.51. The smallest absolute Gasteiger partial charge is 0.326 e. The SMILES string of the molecule is CSCC[C@@H](NC(=O)N1CCC(C)C1CO)C(=O)O. The number of nitrogens with zero attached hydrogens (tertiary/aromatic N) is 1. The zero-order valence-electron chi connectivity index (χ0n) is 11.3. The molecule has 0 aromatic rings. The number of nitrogens with one attached hydrogen (secondary N) is 1. The highest BCUT2D eigenvalue weighted by molar-refractivity contribution is 7.98. The highest BCUT2D eigenvalue weighted by Gasteiger charge is 2.35. The third kappa shape index (κ3) is 4.28. The zero-order chi connectivity index (χ0) is 14.4. The summed E-state index contributed by atoms with van der Waals surface area (Å²) in [6, 6.07) is -1.47. The van der Waals surface area contributed by atoms with Crippen molar-refractivity contribution in [1.29, 1.82) is 0 Å². The Hall–Kier alpha value is -0.950. The first kappa shape index (κ1) is 16.1. The lowest BCUT2D eigenvalue weighted by atomic mass is 10.0. The van der Waals surface area contributed by atoms with Gasteiger partial charge in [0.15, 0.2) is 0 Å². The predicted octanol–water partition coefficient (Wildman–Crippen LogP) is 0.605. The monoisotopic (exact) mass is 290 g/mol. The number of hydrogen-bond donors (Lipinski definition) is 3. The summed E-state index contributed by atoms with van der Waals surface area (Å²) in [7, 11) is 0. The summed E-state index contributed by atoms with van der Waals surface area (Å²) in [6.07, 6.45) is 3.13. The number of aliphatic hydroxyl groups excluding tert-OH is 1. The topological polar surface area (TPSA) is 89.9 Å². The van der Waals surface area contributed by atoms with Crippen LogP contribution in [0.3, 0.4) is 0 Å². The number of likely N-dealkylation sites (tertiary alicyclic amines) is 1. The van der Waals surface area contributed by atoms with Crippen LogP contribution >= 0.6 is 11.8 Å². The number of carbonyl (C=O) groups excluding carboxylic acids is 1. The molecule has 1 fully saturated rings. The molecule has 1 aliphatic heterocycles. The van der Waals surface area contributed by atoms with Gasteiger partial charge in [-0.3, -0.25) is 0 Å². The van der Waals surface area contributed by atoms with Crippen LogP contribution in [0.1, 0.15) is 19.8 Å². The summed E-state index contributed by atoms with van der Waals surface area (Å²) < 4.78 is 0. The van der Waals surface area contributed by atoms with Crippen molar-refractivity contribution in [2.24, 2.45) is 5.92 Å². The van der Waals surface area contributed by atoms with Crippen LogP contribution in [0.2, 0.25) is 0 Å². The molecule has 0 aromatic heterocycles. The van der Waals surface area contributed by atoms with Crippen LogP contribution in [-0.2, 0) is 4.79 Å². The molecule has 1 heterocycles. The number of rotatable bonds is 6. The van der Waals surface area contributed by atoms with E-state index >= 15 is 0 Å². The predicted molar refractivity (Wildman–Crippen MR) is 74.3 cm³/mol. The molecule has 6 nitrogen and oxygen atoms in total. The average Bonchev–Trinajstić information content (AvgIpc) is 2.74. The second-order valence-corrected chi connectivity index (χ2v) is 5.82. The molecule has 7 heteroatoms. The van der Waals surface area contributed by atoms with E-state index in [4.69, 9.17) is 5.11 Å². The zero-order valence-corrected chi connectivity index (χ0v) is 12.2. The maximum Gasteiger partial charge on any atom is 0.326 e. The van der Waals surface area contributed by atoms with E-state index < -0.39 is 18.0 Å². The lowest BCUT2D eigenvalue weighted by Gasteiger charge is -2.27. The second kappa shape index (κ2) is 7.59. The molecule has 0 bridgehead atoms. The van der Waals surface area contributed by atoms with Gasteiger partial charge in [0, 0.05) is 6.54 Å². The van der Waals surface area contributed by atoms with Gasteiger partial charge in [-0.1, -0.05) is 6.92 Å². The minimum absolute atomic E-state index is 0.0862. The van der Waals surface area contributed by atoms with Crippen LogP contribution in [0.15, 0.2) is 0 Å². The van der Waals surface area contributed by atoms with Gasteiger partial charge in [-0.25, -0.2) is 9.59 Å². The van der Waals surface area contributed by atoms with E-state index in [-0.39, 0.29) is 18.6 Å². The Balaban J connectivity index is 2.59. The maximum atomic E-state index is 12.1. The Morgan fingerprint density at radius 2 is 2.21 bits per heavy atom. The Morgan fingerprint density at radius 3 is 2.74 bits per heavy atom. The third-order valence-electron chi connectivity index (χ3n) is 3.54. The number of carboxylic acids is 1. The first-order valence-electron chi connectivity index (χ1n) is 6.41. The van der Waals surface area contributed by atoms with Crippen molar-refractivity contribution < 1.29 is 19.8 Å². The number of carbonyl (C=O) groups is 2. The van der Waals surface area contributed by atoms with E-state index in [1.165, 1.54) is 0 Å². The third-order valence-corrected chi connectivity index (χ3v) is 4.18. The summed E-state index contributed by atoms with van der Waals surface area (Å²) in [4.78, 5) is 24.7. The summed E-state index contributed by atoms with van der Waals surface area (Å²) >= 11 is 1.54. The molecule has 0 aromatic carbocycles. The van der Waals surface area contributed by atoms with Crippen LogP contribution in [0.5, 0.6) is 0 Å². The van der Waals surface area contributed by atoms with Gasteiger partial charge in [-0.05, 0) is 30.8 Å². The van der Waals surface area contributed by atoms with E-state index in [0.29, 0.717) is 18.7 Å². The fourth-order valence-corrected chi connectivity index (χ4v) is 2.74. The van der Waals surface area contributed by atoms with Gasteiger partial charge in [-0.2, -0.15) is 11.8 Å². The number of thioether (sulfide) groups is 1. The van der Waals surface area contributed by atoms with Crippen molar-refractivity contribution in [2.45, 2.75) is 31.8 Å². The Morgan fingerprint density at radius 1 is 1.53 bits per heavy atom. The number of hydrogen-bond acceptors (Lipinski definition) is 4. The molecule has 3 atom stereocenters. The van der Waals surface area contributed by atoms with Crippen molar-refractivity contribution >= 4 is 23.8 Å². The van der Waals surface area contributed by atoms with Crippen LogP contribution in [0.25, 0.3) is 0 Å². The second-order valence-electron chi connectivity index (χ2n) is 4.83. The van der Waals surface area contributed by atoms with Crippen molar-refractivity contribution in [1.82, 2.24) is 10.2 Å². The molecule has 1 aliphatic rings. The normalized spacial score (nSPS) is 24.3. The van der Waals surface area contributed by atoms with Gasteiger partial charge >= 0.3 is 12.0 Å². The van der Waals surface area contributed by atoms with Gasteiger partial charge in [0.2, 0.25) is 0 Å². The van der Waals surface area contributed by atoms with Crippen LogP contribution < -0.4 is 5.32 Å². The van der Waals surface area contributed by atoms with Gasteiger partial charge in [0.1, 0.15) is 6.04 Å². The van der Waals surface area contributed by atoms with E-state index in [1.807, 2.05) is 13.2 Å². The van der Waals surface area contributed by atoms with Crippen molar-refractivity contribution in [3.05, 3.63) is 0 Å². The van der Waals surface area contributed by atoms with E-state index in [1.54, 1.807) is 16.7 Å². The fraction of sp³-hybridized carbons (Fsp3) is 0.833. The molecule has 19 heavy (non-hydrogen) atoms. The summed E-state index contributed by atoms with van der Waals surface area (Å²) in [6.45, 7) is 2.46. The molecule has 110 valence electrons. The molecule has 2 unspecified atom stereocenters. The first-order chi connectivity index (χ1) is 9.01. The van der Waals surface area contributed by atoms with Gasteiger partial charge < -0.3 is 20.4 Å². The van der Waals surface area contributed by atoms with Gasteiger partial charge in [0.25, 0.3) is 0 Å². The number of aliphatic hydroxyl groups is 1. The summed E-state index contributed by atoms with van der Waals surface area (Å²) in [5.41, 5.74) is 0. The summed E-state index contributed by atoms with van der Waals surface area (Å²) in [5, 5.41) is 20.9. The maximum absolute atomic E-state index is 12.1. The van der Waals surface area contributed by atoms with Crippen LogP contribution in [0.4, 0.5) is 4.79 Å². The largest absolute Gasteiger partial charge is 0.480 e. The van der Waals surface area contributed by atoms with Gasteiger partial charge in [0.05, 0.1) is 12.6 Å². The lowest BCUT2D eigenvalue weighted by molar-refractivity contribution is -0.139. The molecule has 0 aliphatic carbocycles. The minimum Gasteiger partial charge on any atom is -0.480 e. The molecule has 1 rings (SSSR count). The standard InChI is InChI=1S/C12H22N2O4S/c1-8-3-5-14(10(8)7-15)12(18)13-9(11(16)17)4-6-19-2/h8-10,15H,3-7H2,1-2H3,(H,13,18)(H,16,17)/t8?,9-,10?/m1/s1. The van der Waals surface area contributed by atoms with Crippen molar-refractivity contribution in [3.63, 3.8) is 0 Å². The van der Waals surface area contributed by atoms with Crippen LogP contribution in [-0.4, -0.2) is 64.4 Å². The Kier molecular flexibility index (Phi) is 6.44. The van der Waals surface area contributed by atoms with Gasteiger partial charge in [-0.15, -0.1) is 0 Å². The minimum atomic E-state index is -1.02. The molecular formula is C12H22N2O4S. The van der Waals surface area contributed by atoms with Crippen LogP contribution in [0, 0.1) is 5.92 Å².